The maximum atomic E-state index is 12.8. The van der Waals surface area contributed by atoms with Crippen LogP contribution in [0.3, 0.4) is 0 Å². The van der Waals surface area contributed by atoms with E-state index >= 15 is 0 Å². The van der Waals surface area contributed by atoms with Gasteiger partial charge in [0.15, 0.2) is 6.10 Å². The van der Waals surface area contributed by atoms with Crippen molar-refractivity contribution in [3.8, 4) is 0 Å². The summed E-state index contributed by atoms with van der Waals surface area (Å²) in [4.78, 5) is 49.2. The number of carbonyl (C=O) groups excluding carboxylic acids is 4. The summed E-state index contributed by atoms with van der Waals surface area (Å²) >= 11 is 0. The lowest BCUT2D eigenvalue weighted by Crippen LogP contribution is -2.61. The summed E-state index contributed by atoms with van der Waals surface area (Å²) in [7, 11) is 0. The zero-order valence-corrected chi connectivity index (χ0v) is 17.1. The Morgan fingerprint density at radius 2 is 2.00 bits per heavy atom. The number of hydrogen-bond donors (Lipinski definition) is 3. The van der Waals surface area contributed by atoms with Crippen LogP contribution in [0.5, 0.6) is 0 Å². The van der Waals surface area contributed by atoms with E-state index in [1.165, 1.54) is 18.0 Å². The van der Waals surface area contributed by atoms with E-state index in [2.05, 4.69) is 17.3 Å². The van der Waals surface area contributed by atoms with Gasteiger partial charge in [-0.2, -0.15) is 0 Å². The number of nitrogens with zero attached hydrogens (tertiary/aromatic N) is 1. The molecular formula is C19H30N4O6. The van der Waals surface area contributed by atoms with Crippen molar-refractivity contribution in [2.45, 2.75) is 51.8 Å². The Hall–Kier alpha value is -2.46. The smallest absolute Gasteiger partial charge is 0.316 e. The van der Waals surface area contributed by atoms with E-state index in [0.717, 1.165) is 0 Å². The minimum atomic E-state index is -1.07. The highest BCUT2D eigenvalue weighted by atomic mass is 16.6. The Morgan fingerprint density at radius 1 is 1.34 bits per heavy atom. The first kappa shape index (κ1) is 22.8. The normalized spacial score (nSPS) is 22.0. The van der Waals surface area contributed by atoms with Crippen LogP contribution in [0.25, 0.3) is 0 Å². The molecule has 0 aromatic heterocycles. The average Bonchev–Trinajstić information content (AvgIpc) is 2.65. The van der Waals surface area contributed by atoms with Crippen molar-refractivity contribution in [3.63, 3.8) is 0 Å². The molecule has 10 heteroatoms. The highest BCUT2D eigenvalue weighted by molar-refractivity contribution is 5.91. The van der Waals surface area contributed by atoms with Crippen LogP contribution in [0.15, 0.2) is 12.7 Å². The lowest BCUT2D eigenvalue weighted by atomic mass is 9.93. The monoisotopic (exact) mass is 410 g/mol. The Balaban J connectivity index is 2.00. The molecular weight excluding hydrogens is 380 g/mol. The minimum absolute atomic E-state index is 0.283. The molecule has 10 nitrogen and oxygen atoms in total. The van der Waals surface area contributed by atoms with Crippen molar-refractivity contribution < 1.29 is 28.7 Å². The molecule has 4 N–H and O–H groups in total. The number of esters is 1. The van der Waals surface area contributed by atoms with Gasteiger partial charge in [0.05, 0.1) is 24.5 Å². The largest absolute Gasteiger partial charge is 0.451 e. The van der Waals surface area contributed by atoms with Crippen LogP contribution in [0.1, 0.15) is 33.6 Å². The van der Waals surface area contributed by atoms with Crippen LogP contribution < -0.4 is 16.5 Å². The van der Waals surface area contributed by atoms with Gasteiger partial charge in [-0.1, -0.05) is 6.08 Å². The quantitative estimate of drug-likeness (QED) is 0.353. The number of nitrogens with two attached hydrogens (primary N) is 1. The molecule has 29 heavy (non-hydrogen) atoms. The molecule has 2 rings (SSSR count). The molecule has 0 aromatic rings. The van der Waals surface area contributed by atoms with Gasteiger partial charge in [0.2, 0.25) is 5.91 Å². The van der Waals surface area contributed by atoms with E-state index in [1.807, 2.05) is 0 Å². The lowest BCUT2D eigenvalue weighted by Gasteiger charge is -2.36. The number of rotatable bonds is 8. The summed E-state index contributed by atoms with van der Waals surface area (Å²) in [6.45, 7) is 9.38. The molecule has 0 spiro atoms. The van der Waals surface area contributed by atoms with Gasteiger partial charge >= 0.3 is 5.97 Å². The maximum absolute atomic E-state index is 12.8. The average molecular weight is 410 g/mol. The van der Waals surface area contributed by atoms with Gasteiger partial charge in [0.1, 0.15) is 12.1 Å². The molecule has 162 valence electrons. The van der Waals surface area contributed by atoms with Gasteiger partial charge in [-0.25, -0.2) is 5.43 Å². The van der Waals surface area contributed by atoms with E-state index in [0.29, 0.717) is 19.4 Å². The predicted molar refractivity (Wildman–Crippen MR) is 103 cm³/mol. The van der Waals surface area contributed by atoms with Crippen molar-refractivity contribution in [3.05, 3.63) is 12.7 Å². The molecule has 2 aliphatic rings. The standard InChI is InChI=1S/C19H30N4O6/c1-5-19(3,4)18(27)29-14(12-9-28-10-12)16(25)21-11(2)17(26)23-8-6-7-13(22-23)15(20)24/h5,11-14,22H,1,6-10H2,2-4H3,(H2,20,24)(H,21,25)/t11-,13?,14?/m0/s1. The van der Waals surface area contributed by atoms with Crippen LogP contribution in [0.2, 0.25) is 0 Å². The Labute approximate surface area is 170 Å². The number of primary amides is 1. The van der Waals surface area contributed by atoms with E-state index in [4.69, 9.17) is 15.2 Å². The highest BCUT2D eigenvalue weighted by Gasteiger charge is 2.40. The molecule has 0 aromatic carbocycles. The van der Waals surface area contributed by atoms with Crippen molar-refractivity contribution in [2.75, 3.05) is 19.8 Å². The Kier molecular flexibility index (Phi) is 7.37. The summed E-state index contributed by atoms with van der Waals surface area (Å²) in [5, 5.41) is 3.89. The van der Waals surface area contributed by atoms with Crippen molar-refractivity contribution in [1.29, 1.82) is 0 Å². The third-order valence-corrected chi connectivity index (χ3v) is 5.15. The number of ether oxygens (including phenoxy) is 2. The Bertz CT molecular complexity index is 676. The number of hydrogen-bond acceptors (Lipinski definition) is 7. The van der Waals surface area contributed by atoms with Gasteiger partial charge in [0, 0.05) is 6.54 Å². The van der Waals surface area contributed by atoms with Crippen molar-refractivity contribution >= 4 is 23.7 Å². The highest BCUT2D eigenvalue weighted by Crippen LogP contribution is 2.24. The molecule has 0 radical (unpaired) electrons. The van der Waals surface area contributed by atoms with Crippen molar-refractivity contribution in [1.82, 2.24) is 15.8 Å². The fourth-order valence-electron chi connectivity index (χ4n) is 2.88. The summed E-state index contributed by atoms with van der Waals surface area (Å²) in [5.74, 6) is -2.39. The number of carbonyl (C=O) groups is 4. The number of nitrogens with one attached hydrogen (secondary N) is 2. The molecule has 0 aliphatic carbocycles. The summed E-state index contributed by atoms with van der Waals surface area (Å²) < 4.78 is 10.6. The minimum Gasteiger partial charge on any atom is -0.451 e. The first-order valence-electron chi connectivity index (χ1n) is 9.66. The molecule has 2 unspecified atom stereocenters. The molecule has 2 saturated heterocycles. The molecule has 0 saturated carbocycles. The van der Waals surface area contributed by atoms with Crippen LogP contribution in [-0.4, -0.2) is 66.6 Å². The van der Waals surface area contributed by atoms with Crippen LogP contribution in [0.4, 0.5) is 0 Å². The second-order valence-electron chi connectivity index (χ2n) is 8.00. The lowest BCUT2D eigenvalue weighted by molar-refractivity contribution is -0.177. The molecule has 3 atom stereocenters. The van der Waals surface area contributed by atoms with Gasteiger partial charge in [-0.15, -0.1) is 6.58 Å². The summed E-state index contributed by atoms with van der Waals surface area (Å²) in [5.41, 5.74) is 7.13. The van der Waals surface area contributed by atoms with Gasteiger partial charge in [-0.05, 0) is 33.6 Å². The third-order valence-electron chi connectivity index (χ3n) is 5.15. The Morgan fingerprint density at radius 3 is 2.52 bits per heavy atom. The molecule has 2 fully saturated rings. The van der Waals surface area contributed by atoms with Gasteiger partial charge < -0.3 is 20.5 Å². The van der Waals surface area contributed by atoms with Crippen LogP contribution in [0, 0.1) is 11.3 Å². The number of hydrazine groups is 1. The molecule has 0 bridgehead atoms. The first-order chi connectivity index (χ1) is 13.6. The molecule has 2 heterocycles. The van der Waals surface area contributed by atoms with E-state index in [1.54, 1.807) is 13.8 Å². The number of amides is 3. The predicted octanol–water partition coefficient (Wildman–Crippen LogP) is -0.758. The van der Waals surface area contributed by atoms with Crippen molar-refractivity contribution in [2.24, 2.45) is 17.1 Å². The molecule has 2 aliphatic heterocycles. The fourth-order valence-corrected chi connectivity index (χ4v) is 2.88. The second kappa shape index (κ2) is 9.36. The zero-order chi connectivity index (χ0) is 21.8. The SMILES string of the molecule is C=CC(C)(C)C(=O)OC(C(=O)N[C@@H](C)C(=O)N1CCCC(C(N)=O)N1)C1COC1. The van der Waals surface area contributed by atoms with Gasteiger partial charge in [-0.3, -0.25) is 24.2 Å². The zero-order valence-electron chi connectivity index (χ0n) is 17.1. The first-order valence-corrected chi connectivity index (χ1v) is 9.66. The van der Waals surface area contributed by atoms with Crippen LogP contribution >= 0.6 is 0 Å². The summed E-state index contributed by atoms with van der Waals surface area (Å²) in [6, 6.07) is -1.52. The van der Waals surface area contributed by atoms with Crippen LogP contribution in [-0.2, 0) is 28.7 Å². The van der Waals surface area contributed by atoms with Gasteiger partial charge in [0.25, 0.3) is 11.8 Å². The van der Waals surface area contributed by atoms with E-state index in [-0.39, 0.29) is 19.1 Å². The van der Waals surface area contributed by atoms with E-state index in [9.17, 15) is 19.2 Å². The maximum Gasteiger partial charge on any atom is 0.316 e. The third kappa shape index (κ3) is 5.54. The summed E-state index contributed by atoms with van der Waals surface area (Å²) in [6.07, 6.45) is 1.53. The van der Waals surface area contributed by atoms with E-state index < -0.39 is 47.3 Å². The topological polar surface area (TPSA) is 140 Å². The molecule has 3 amide bonds. The fraction of sp³-hybridized carbons (Fsp3) is 0.684. The second-order valence-corrected chi connectivity index (χ2v) is 8.00.